The first-order valence-electron chi connectivity index (χ1n) is 9.30. The van der Waals surface area contributed by atoms with E-state index in [2.05, 4.69) is 31.8 Å². The van der Waals surface area contributed by atoms with Gasteiger partial charge in [0.05, 0.1) is 19.0 Å². The number of halogens is 1. The van der Waals surface area contributed by atoms with Crippen molar-refractivity contribution in [3.8, 4) is 11.5 Å². The Morgan fingerprint density at radius 3 is 2.53 bits per heavy atom. The van der Waals surface area contributed by atoms with Crippen molar-refractivity contribution in [1.82, 2.24) is 5.32 Å². The van der Waals surface area contributed by atoms with Gasteiger partial charge in [0.1, 0.15) is 0 Å². The maximum Gasteiger partial charge on any atom is 0.258 e. The lowest BCUT2D eigenvalue weighted by molar-refractivity contribution is -0.123. The van der Waals surface area contributed by atoms with Gasteiger partial charge in [-0.3, -0.25) is 10.2 Å². The summed E-state index contributed by atoms with van der Waals surface area (Å²) < 4.78 is 12.0. The standard InChI is InChI=1S/C23H22BrN3O3/c1-29-22-13-18(15-26-27-20-10-8-19(24)9-11-20)7-12-21(22)30-16-23(28)25-14-17-5-3-2-4-6-17/h2-13,15,27H,14,16H2,1H3,(H,25,28)/b26-15+. The smallest absolute Gasteiger partial charge is 0.258 e. The molecule has 0 unspecified atom stereocenters. The Bertz CT molecular complexity index is 992. The van der Waals surface area contributed by atoms with Crippen LogP contribution in [0.3, 0.4) is 0 Å². The van der Waals surface area contributed by atoms with E-state index in [1.165, 1.54) is 0 Å². The zero-order valence-corrected chi connectivity index (χ0v) is 18.1. The molecule has 6 nitrogen and oxygen atoms in total. The van der Waals surface area contributed by atoms with Crippen molar-refractivity contribution in [1.29, 1.82) is 0 Å². The van der Waals surface area contributed by atoms with E-state index < -0.39 is 0 Å². The van der Waals surface area contributed by atoms with Gasteiger partial charge in [-0.25, -0.2) is 0 Å². The zero-order chi connectivity index (χ0) is 21.2. The molecule has 2 N–H and O–H groups in total. The average molecular weight is 468 g/mol. The van der Waals surface area contributed by atoms with E-state index in [9.17, 15) is 4.79 Å². The lowest BCUT2D eigenvalue weighted by Crippen LogP contribution is -2.28. The van der Waals surface area contributed by atoms with E-state index in [0.717, 1.165) is 21.3 Å². The molecule has 0 aliphatic rings. The normalized spacial score (nSPS) is 10.6. The maximum absolute atomic E-state index is 12.0. The van der Waals surface area contributed by atoms with Crippen molar-refractivity contribution < 1.29 is 14.3 Å². The highest BCUT2D eigenvalue weighted by atomic mass is 79.9. The molecule has 0 spiro atoms. The van der Waals surface area contributed by atoms with E-state index in [0.29, 0.717) is 18.0 Å². The highest BCUT2D eigenvalue weighted by molar-refractivity contribution is 9.10. The van der Waals surface area contributed by atoms with Gasteiger partial charge in [0.2, 0.25) is 0 Å². The van der Waals surface area contributed by atoms with Crippen molar-refractivity contribution in [3.05, 3.63) is 88.4 Å². The SMILES string of the molecule is COc1cc(/C=N/Nc2ccc(Br)cc2)ccc1OCC(=O)NCc1ccccc1. The fourth-order valence-electron chi connectivity index (χ4n) is 2.58. The van der Waals surface area contributed by atoms with Gasteiger partial charge < -0.3 is 14.8 Å². The fraction of sp³-hybridized carbons (Fsp3) is 0.130. The highest BCUT2D eigenvalue weighted by Crippen LogP contribution is 2.27. The first-order chi connectivity index (χ1) is 14.6. The summed E-state index contributed by atoms with van der Waals surface area (Å²) in [5, 5.41) is 7.05. The van der Waals surface area contributed by atoms with Gasteiger partial charge in [0, 0.05) is 11.0 Å². The Balaban J connectivity index is 1.52. The summed E-state index contributed by atoms with van der Waals surface area (Å²) in [5.41, 5.74) is 5.70. The van der Waals surface area contributed by atoms with Crippen LogP contribution in [-0.2, 0) is 11.3 Å². The molecule has 7 heteroatoms. The molecular weight excluding hydrogens is 446 g/mol. The summed E-state index contributed by atoms with van der Waals surface area (Å²) in [6.45, 7) is 0.364. The molecule has 0 aliphatic carbocycles. The number of rotatable bonds is 9. The molecule has 0 atom stereocenters. The number of nitrogens with zero attached hydrogens (tertiary/aromatic N) is 1. The number of benzene rings is 3. The van der Waals surface area contributed by atoms with Crippen LogP contribution in [0, 0.1) is 0 Å². The number of ether oxygens (including phenoxy) is 2. The van der Waals surface area contributed by atoms with E-state index >= 15 is 0 Å². The molecule has 3 aromatic rings. The van der Waals surface area contributed by atoms with Crippen LogP contribution in [0.4, 0.5) is 5.69 Å². The molecule has 154 valence electrons. The van der Waals surface area contributed by atoms with Crippen molar-refractivity contribution in [3.63, 3.8) is 0 Å². The van der Waals surface area contributed by atoms with Crippen molar-refractivity contribution >= 4 is 33.7 Å². The first kappa shape index (κ1) is 21.4. The number of methoxy groups -OCH3 is 1. The average Bonchev–Trinajstić information content (AvgIpc) is 2.78. The summed E-state index contributed by atoms with van der Waals surface area (Å²) in [6, 6.07) is 22.8. The minimum absolute atomic E-state index is 0.0955. The van der Waals surface area contributed by atoms with E-state index in [4.69, 9.17) is 9.47 Å². The van der Waals surface area contributed by atoms with Crippen LogP contribution < -0.4 is 20.2 Å². The van der Waals surface area contributed by atoms with Gasteiger partial charge in [0.25, 0.3) is 5.91 Å². The van der Waals surface area contributed by atoms with Crippen LogP contribution in [0.2, 0.25) is 0 Å². The van der Waals surface area contributed by atoms with Crippen LogP contribution in [-0.4, -0.2) is 25.8 Å². The van der Waals surface area contributed by atoms with Crippen LogP contribution in [0.15, 0.2) is 82.4 Å². The summed E-state index contributed by atoms with van der Waals surface area (Å²) >= 11 is 3.40. The Hall–Kier alpha value is -3.32. The third-order valence-corrected chi connectivity index (χ3v) is 4.66. The predicted octanol–water partition coefficient (Wildman–Crippen LogP) is 4.60. The zero-order valence-electron chi connectivity index (χ0n) is 16.5. The molecule has 0 radical (unpaired) electrons. The molecule has 0 aliphatic heterocycles. The number of anilines is 1. The third-order valence-electron chi connectivity index (χ3n) is 4.13. The largest absolute Gasteiger partial charge is 0.493 e. The lowest BCUT2D eigenvalue weighted by atomic mass is 10.2. The molecule has 1 amide bonds. The van der Waals surface area contributed by atoms with Crippen LogP contribution in [0.5, 0.6) is 11.5 Å². The second kappa shape index (κ2) is 11.0. The number of hydrazone groups is 1. The Morgan fingerprint density at radius 1 is 1.03 bits per heavy atom. The van der Waals surface area contributed by atoms with Gasteiger partial charge in [0.15, 0.2) is 18.1 Å². The first-order valence-corrected chi connectivity index (χ1v) is 10.1. The summed E-state index contributed by atoms with van der Waals surface area (Å²) in [6.07, 6.45) is 1.68. The van der Waals surface area contributed by atoms with E-state index in [1.807, 2.05) is 60.7 Å². The number of hydrogen-bond acceptors (Lipinski definition) is 5. The molecule has 0 saturated carbocycles. The molecule has 3 rings (SSSR count). The summed E-state index contributed by atoms with van der Waals surface area (Å²) in [4.78, 5) is 12.0. The van der Waals surface area contributed by atoms with Crippen molar-refractivity contribution in [2.45, 2.75) is 6.54 Å². The lowest BCUT2D eigenvalue weighted by Gasteiger charge is -2.11. The van der Waals surface area contributed by atoms with Gasteiger partial charge in [-0.1, -0.05) is 46.3 Å². The Kier molecular flexibility index (Phi) is 7.86. The molecular formula is C23H22BrN3O3. The van der Waals surface area contributed by atoms with Crippen LogP contribution >= 0.6 is 15.9 Å². The predicted molar refractivity (Wildman–Crippen MR) is 122 cm³/mol. The van der Waals surface area contributed by atoms with Crippen molar-refractivity contribution in [2.24, 2.45) is 5.10 Å². The molecule has 0 heterocycles. The Morgan fingerprint density at radius 2 is 1.80 bits per heavy atom. The maximum atomic E-state index is 12.0. The van der Waals surface area contributed by atoms with E-state index in [1.54, 1.807) is 25.5 Å². The number of amides is 1. The summed E-state index contributed by atoms with van der Waals surface area (Å²) in [7, 11) is 1.55. The second-order valence-corrected chi connectivity index (χ2v) is 7.25. The quantitative estimate of drug-likeness (QED) is 0.356. The Labute approximate surface area is 184 Å². The van der Waals surface area contributed by atoms with E-state index in [-0.39, 0.29) is 12.5 Å². The number of nitrogens with one attached hydrogen (secondary N) is 2. The molecule has 0 aromatic heterocycles. The highest BCUT2D eigenvalue weighted by Gasteiger charge is 2.08. The topological polar surface area (TPSA) is 71.9 Å². The van der Waals surface area contributed by atoms with Crippen LogP contribution in [0.1, 0.15) is 11.1 Å². The van der Waals surface area contributed by atoms with Gasteiger partial charge >= 0.3 is 0 Å². The van der Waals surface area contributed by atoms with Gasteiger partial charge in [-0.15, -0.1) is 0 Å². The monoisotopic (exact) mass is 467 g/mol. The minimum Gasteiger partial charge on any atom is -0.493 e. The number of carbonyl (C=O) groups excluding carboxylic acids is 1. The summed E-state index contributed by atoms with van der Waals surface area (Å²) in [5.74, 6) is 0.814. The number of carbonyl (C=O) groups is 1. The van der Waals surface area contributed by atoms with Crippen molar-refractivity contribution in [2.75, 3.05) is 19.1 Å². The van der Waals surface area contributed by atoms with Crippen LogP contribution in [0.25, 0.3) is 0 Å². The molecule has 0 bridgehead atoms. The van der Waals surface area contributed by atoms with Gasteiger partial charge in [-0.2, -0.15) is 5.10 Å². The molecule has 3 aromatic carbocycles. The second-order valence-electron chi connectivity index (χ2n) is 6.34. The minimum atomic E-state index is -0.203. The third kappa shape index (κ3) is 6.63. The molecule has 30 heavy (non-hydrogen) atoms. The fourth-order valence-corrected chi connectivity index (χ4v) is 2.84. The number of hydrogen-bond donors (Lipinski definition) is 2. The van der Waals surface area contributed by atoms with Gasteiger partial charge in [-0.05, 0) is 53.6 Å². The molecule has 0 saturated heterocycles. The molecule has 0 fully saturated rings.